The Kier molecular flexibility index (Phi) is 12.3. The number of hydrogen-bond acceptors (Lipinski definition) is 3. The summed E-state index contributed by atoms with van der Waals surface area (Å²) in [5.41, 5.74) is 0. The molecule has 1 atom stereocenters. The summed E-state index contributed by atoms with van der Waals surface area (Å²) in [7, 11) is 6.07. The van der Waals surface area contributed by atoms with Crippen LogP contribution >= 0.6 is 24.0 Å². The summed E-state index contributed by atoms with van der Waals surface area (Å²) >= 11 is 0. The summed E-state index contributed by atoms with van der Waals surface area (Å²) in [6.07, 6.45) is 3.88. The van der Waals surface area contributed by atoms with E-state index in [-0.39, 0.29) is 24.0 Å². The molecule has 0 aliphatic heterocycles. The molecule has 1 N–H and O–H groups in total. The Morgan fingerprint density at radius 3 is 2.55 bits per heavy atom. The topological polar surface area (TPSA) is 40.1 Å². The van der Waals surface area contributed by atoms with Crippen LogP contribution in [0.4, 0.5) is 0 Å². The largest absolute Gasteiger partial charge is 0.379 e. The zero-order valence-corrected chi connectivity index (χ0v) is 17.3. The summed E-state index contributed by atoms with van der Waals surface area (Å²) in [4.78, 5) is 8.84. The van der Waals surface area contributed by atoms with Crippen LogP contribution in [0.15, 0.2) is 4.99 Å². The molecule has 1 saturated carbocycles. The predicted molar refractivity (Wildman–Crippen MR) is 105 cm³/mol. The Hall–Kier alpha value is -0.0800. The van der Waals surface area contributed by atoms with Crippen molar-refractivity contribution in [3.8, 4) is 0 Å². The van der Waals surface area contributed by atoms with Gasteiger partial charge in [0.15, 0.2) is 5.96 Å². The van der Waals surface area contributed by atoms with Crippen molar-refractivity contribution >= 4 is 29.9 Å². The summed E-state index contributed by atoms with van der Waals surface area (Å²) in [5.74, 6) is 1.78. The van der Waals surface area contributed by atoms with Crippen molar-refractivity contribution < 1.29 is 4.74 Å². The van der Waals surface area contributed by atoms with E-state index in [4.69, 9.17) is 4.74 Å². The average molecular weight is 426 g/mol. The van der Waals surface area contributed by atoms with Crippen LogP contribution in [0.3, 0.4) is 0 Å². The second-order valence-corrected chi connectivity index (χ2v) is 6.15. The molecule has 0 aromatic rings. The number of hydrogen-bond donors (Lipinski definition) is 1. The third kappa shape index (κ3) is 9.15. The van der Waals surface area contributed by atoms with Crippen molar-refractivity contribution in [1.29, 1.82) is 0 Å². The van der Waals surface area contributed by atoms with E-state index in [1.807, 2.05) is 7.05 Å². The van der Waals surface area contributed by atoms with Gasteiger partial charge in [0.2, 0.25) is 0 Å². The molecule has 0 spiro atoms. The number of aliphatic imine (C=N–C) groups is 1. The highest BCUT2D eigenvalue weighted by Gasteiger charge is 2.21. The summed E-state index contributed by atoms with van der Waals surface area (Å²) in [5, 5.41) is 3.42. The van der Waals surface area contributed by atoms with E-state index in [0.717, 1.165) is 44.7 Å². The first-order valence-corrected chi connectivity index (χ1v) is 8.28. The lowest BCUT2D eigenvalue weighted by Crippen LogP contribution is -2.44. The van der Waals surface area contributed by atoms with Gasteiger partial charge >= 0.3 is 0 Å². The molecule has 5 nitrogen and oxygen atoms in total. The molecule has 0 radical (unpaired) electrons. The summed E-state index contributed by atoms with van der Waals surface area (Å²) < 4.78 is 5.68. The van der Waals surface area contributed by atoms with Gasteiger partial charge in [0, 0.05) is 46.4 Å². The first-order chi connectivity index (χ1) is 10.1. The third-order valence-electron chi connectivity index (χ3n) is 4.29. The van der Waals surface area contributed by atoms with Gasteiger partial charge in [-0.1, -0.05) is 6.92 Å². The lowest BCUT2D eigenvalue weighted by molar-refractivity contribution is 0.115. The number of nitrogens with one attached hydrogen (secondary N) is 1. The third-order valence-corrected chi connectivity index (χ3v) is 4.29. The Morgan fingerprint density at radius 1 is 1.32 bits per heavy atom. The van der Waals surface area contributed by atoms with E-state index >= 15 is 0 Å². The first kappa shape index (κ1) is 21.9. The second kappa shape index (κ2) is 12.4. The van der Waals surface area contributed by atoms with Crippen LogP contribution in [0, 0.1) is 5.92 Å². The van der Waals surface area contributed by atoms with Gasteiger partial charge in [-0.25, -0.2) is 0 Å². The van der Waals surface area contributed by atoms with Crippen LogP contribution in [-0.2, 0) is 4.74 Å². The highest BCUT2D eigenvalue weighted by molar-refractivity contribution is 14.0. The van der Waals surface area contributed by atoms with Gasteiger partial charge in [0.1, 0.15) is 0 Å². The van der Waals surface area contributed by atoms with Crippen molar-refractivity contribution in [3.63, 3.8) is 0 Å². The summed E-state index contributed by atoms with van der Waals surface area (Å²) in [6, 6.07) is 0.627. The Labute approximate surface area is 153 Å². The Morgan fingerprint density at radius 2 is 2.00 bits per heavy atom. The molecule has 1 aliphatic rings. The van der Waals surface area contributed by atoms with E-state index in [1.54, 1.807) is 0 Å². The molecule has 0 aromatic heterocycles. The van der Waals surface area contributed by atoms with Gasteiger partial charge in [0.05, 0.1) is 6.61 Å². The summed E-state index contributed by atoms with van der Waals surface area (Å²) in [6.45, 7) is 9.02. The van der Waals surface area contributed by atoms with Crippen molar-refractivity contribution in [3.05, 3.63) is 0 Å². The van der Waals surface area contributed by atoms with E-state index in [2.05, 4.69) is 48.1 Å². The predicted octanol–water partition coefficient (Wildman–Crippen LogP) is 2.27. The van der Waals surface area contributed by atoms with Crippen molar-refractivity contribution in [2.45, 2.75) is 39.2 Å². The second-order valence-electron chi connectivity index (χ2n) is 6.15. The van der Waals surface area contributed by atoms with Gasteiger partial charge in [-0.2, -0.15) is 0 Å². The zero-order valence-electron chi connectivity index (χ0n) is 15.0. The highest BCUT2D eigenvalue weighted by Crippen LogP contribution is 2.28. The van der Waals surface area contributed by atoms with Gasteiger partial charge in [-0.3, -0.25) is 4.99 Å². The smallest absolute Gasteiger partial charge is 0.193 e. The minimum Gasteiger partial charge on any atom is -0.379 e. The van der Waals surface area contributed by atoms with Gasteiger partial charge in [-0.05, 0) is 39.2 Å². The quantitative estimate of drug-likeness (QED) is 0.252. The molecule has 1 fully saturated rings. The fourth-order valence-corrected chi connectivity index (χ4v) is 2.10. The van der Waals surface area contributed by atoms with Gasteiger partial charge in [-0.15, -0.1) is 24.0 Å². The van der Waals surface area contributed by atoms with E-state index in [1.165, 1.54) is 19.3 Å². The molecule has 132 valence electrons. The van der Waals surface area contributed by atoms with Crippen molar-refractivity contribution in [2.24, 2.45) is 10.9 Å². The lowest BCUT2D eigenvalue weighted by Gasteiger charge is -2.26. The average Bonchev–Trinajstić information content (AvgIpc) is 3.30. The molecular formula is C16H35IN4O. The Bertz CT molecular complexity index is 311. The molecule has 0 aromatic carbocycles. The fraction of sp³-hybridized carbons (Fsp3) is 0.938. The van der Waals surface area contributed by atoms with E-state index < -0.39 is 0 Å². The molecule has 0 heterocycles. The van der Waals surface area contributed by atoms with Crippen LogP contribution in [0.2, 0.25) is 0 Å². The van der Waals surface area contributed by atoms with E-state index in [9.17, 15) is 0 Å². The standard InChI is InChI=1S/C16H34N4O.HI/c1-6-14(2)19(4)10-9-18-16(17-3)20(5)11-12-21-13-15-7-8-15;/h14-15H,6-13H2,1-5H3,(H,17,18);1H. The number of nitrogens with zero attached hydrogens (tertiary/aromatic N) is 3. The SMILES string of the molecule is CCC(C)N(C)CCNC(=NC)N(C)CCOCC1CC1.I. The van der Waals surface area contributed by atoms with Crippen molar-refractivity contribution in [2.75, 3.05) is 54.0 Å². The van der Waals surface area contributed by atoms with Crippen LogP contribution in [-0.4, -0.2) is 75.8 Å². The number of ether oxygens (including phenoxy) is 1. The molecule has 1 rings (SSSR count). The van der Waals surface area contributed by atoms with Crippen LogP contribution < -0.4 is 5.32 Å². The highest BCUT2D eigenvalue weighted by atomic mass is 127. The van der Waals surface area contributed by atoms with Crippen LogP contribution in [0.1, 0.15) is 33.1 Å². The first-order valence-electron chi connectivity index (χ1n) is 8.28. The molecule has 0 amide bonds. The molecule has 22 heavy (non-hydrogen) atoms. The molecule has 6 heteroatoms. The fourth-order valence-electron chi connectivity index (χ4n) is 2.10. The number of rotatable bonds is 10. The maximum Gasteiger partial charge on any atom is 0.193 e. The molecule has 0 saturated heterocycles. The molecule has 1 unspecified atom stereocenters. The maximum atomic E-state index is 5.68. The number of halogens is 1. The minimum atomic E-state index is 0. The van der Waals surface area contributed by atoms with Crippen LogP contribution in [0.5, 0.6) is 0 Å². The van der Waals surface area contributed by atoms with E-state index in [0.29, 0.717) is 6.04 Å². The van der Waals surface area contributed by atoms with Crippen molar-refractivity contribution in [1.82, 2.24) is 15.1 Å². The molecule has 1 aliphatic carbocycles. The van der Waals surface area contributed by atoms with Gasteiger partial charge < -0.3 is 19.9 Å². The van der Waals surface area contributed by atoms with Gasteiger partial charge in [0.25, 0.3) is 0 Å². The minimum absolute atomic E-state index is 0. The lowest BCUT2D eigenvalue weighted by atomic mass is 10.2. The maximum absolute atomic E-state index is 5.68. The van der Waals surface area contributed by atoms with Crippen LogP contribution in [0.25, 0.3) is 0 Å². The molecule has 0 bridgehead atoms. The number of likely N-dealkylation sites (N-methyl/N-ethyl adjacent to an activating group) is 2. The normalized spacial score (nSPS) is 16.4. The molecular weight excluding hydrogens is 391 g/mol. The Balaban J connectivity index is 0.00000441. The monoisotopic (exact) mass is 426 g/mol. The number of guanidine groups is 1. The zero-order chi connectivity index (χ0) is 15.7.